The van der Waals surface area contributed by atoms with Crippen LogP contribution in [0.3, 0.4) is 0 Å². The minimum Gasteiger partial charge on any atom is -0.491 e. The van der Waals surface area contributed by atoms with Crippen molar-refractivity contribution in [2.24, 2.45) is 35.2 Å². The van der Waals surface area contributed by atoms with Gasteiger partial charge in [-0.1, -0.05) is 133 Å². The second-order valence-electron chi connectivity index (χ2n) is 36.8. The van der Waals surface area contributed by atoms with E-state index in [2.05, 4.69) is 262 Å². The van der Waals surface area contributed by atoms with E-state index >= 15 is 0 Å². The third kappa shape index (κ3) is 12.2. The van der Waals surface area contributed by atoms with Gasteiger partial charge < -0.3 is 23.7 Å². The molecule has 5 aliphatic carbocycles. The first-order valence-electron chi connectivity index (χ1n) is 44.0. The molecule has 0 N–H and O–H groups in total. The molecule has 0 amide bonds. The number of fused-ring (bicyclic) bond motifs is 8. The third-order valence-corrected chi connectivity index (χ3v) is 28.7. The predicted molar refractivity (Wildman–Crippen MR) is 456 cm³/mol. The van der Waals surface area contributed by atoms with Crippen molar-refractivity contribution in [3.63, 3.8) is 0 Å². The van der Waals surface area contributed by atoms with E-state index < -0.39 is 23.8 Å². The highest BCUT2D eigenvalue weighted by Crippen LogP contribution is 2.66. The van der Waals surface area contributed by atoms with Crippen LogP contribution in [0.1, 0.15) is 211 Å². The zero-order valence-corrected chi connectivity index (χ0v) is 70.8. The van der Waals surface area contributed by atoms with Gasteiger partial charge in [0.25, 0.3) is 0 Å². The zero-order valence-electron chi connectivity index (χ0n) is 74.8. The van der Waals surface area contributed by atoms with Crippen LogP contribution < -0.4 is 46.5 Å². The fraction of sp³-hybridized carbons (Fsp3) is 0.413. The lowest BCUT2D eigenvalue weighted by atomic mass is 9.65. The Bertz CT molecular complexity index is 5800. The standard InChI is InChI=1S/C25H26NO.C22H28NO.C21H26NO.C19H22NO.C17H18NO/c1-17-12-13-20-23(22(17)21-11-7-8-14-26(21)4)27-25(24(20,2)3)15-18-9-5-6-10-19(18)16-25;1-16-11-12-17-20(19(16)18-10-6-9-15-23(18)4)24-22(21(17,2)3)13-7-5-8-14-22;1-15-10-11-16-19(18(15)17-9-5-8-14-22(17)4)23-21(20(16,2)3)12-6-7-13-21;1-13-8-9-14-17(21-18(2,3)19(14)10-11-19)16(13)15-7-5-6-12-20(15)4;1-12-6-7-13-16(19-11-17(13)8-9-17)15(12)14-5-3-4-10-18(14)2/h5-14H,15-16H2,1-4H3;6,9-12,15H,5,7-8,13-14H2,1-4H3;5,8-11,14H,6-7,12-13H2,1-4H3;5-9,12H,10-11H2,1-4H3;3-7,10H,8-9,11H2,1-2H3/q5*+1/i15D2,16D2;;;;. The van der Waals surface area contributed by atoms with Gasteiger partial charge in [-0.15, -0.1) is 0 Å². The number of aromatic nitrogens is 5. The Morgan fingerprint density at radius 1 is 0.289 bits per heavy atom. The Labute approximate surface area is 684 Å². The molecular weight excluding hydrogens is 1400 g/mol. The highest BCUT2D eigenvalue weighted by Gasteiger charge is 2.64. The highest BCUT2D eigenvalue weighted by atomic mass is 16.5. The summed E-state index contributed by atoms with van der Waals surface area (Å²) in [5, 5.41) is 0. The van der Waals surface area contributed by atoms with Gasteiger partial charge in [0, 0.05) is 134 Å². The Kier molecular flexibility index (Phi) is 17.8. The summed E-state index contributed by atoms with van der Waals surface area (Å²) < 4.78 is 80.3. The summed E-state index contributed by atoms with van der Waals surface area (Å²) in [4.78, 5) is 0. The van der Waals surface area contributed by atoms with Gasteiger partial charge in [0.15, 0.2) is 31.0 Å². The number of benzene rings is 6. The molecule has 4 saturated carbocycles. The van der Waals surface area contributed by atoms with Crippen molar-refractivity contribution in [3.8, 4) is 85.0 Å². The van der Waals surface area contributed by atoms with E-state index in [1.54, 1.807) is 24.3 Å². The van der Waals surface area contributed by atoms with E-state index in [1.165, 1.54) is 173 Å². The molecule has 5 aliphatic heterocycles. The molecule has 0 saturated heterocycles. The fourth-order valence-corrected chi connectivity index (χ4v) is 20.9. The van der Waals surface area contributed by atoms with Crippen molar-refractivity contribution in [2.45, 2.75) is 236 Å². The number of rotatable bonds is 5. The van der Waals surface area contributed by atoms with Crippen LogP contribution >= 0.6 is 0 Å². The number of hydrogen-bond donors (Lipinski definition) is 0. The minimum absolute atomic E-state index is 0.00870. The second-order valence-corrected chi connectivity index (χ2v) is 36.8. The van der Waals surface area contributed by atoms with Crippen molar-refractivity contribution in [1.29, 1.82) is 0 Å². The maximum absolute atomic E-state index is 9.17. The van der Waals surface area contributed by atoms with E-state index in [0.29, 0.717) is 22.3 Å². The maximum atomic E-state index is 9.17. The summed E-state index contributed by atoms with van der Waals surface area (Å²) in [5.41, 5.74) is 23.1. The van der Waals surface area contributed by atoms with Gasteiger partial charge in [0.05, 0.1) is 34.4 Å². The van der Waals surface area contributed by atoms with Gasteiger partial charge >= 0.3 is 0 Å². The summed E-state index contributed by atoms with van der Waals surface area (Å²) >= 11 is 0. The van der Waals surface area contributed by atoms with E-state index in [-0.39, 0.29) is 33.0 Å². The number of aryl methyl sites for hydroxylation is 10. The summed E-state index contributed by atoms with van der Waals surface area (Å²) in [6, 6.07) is 60.5. The predicted octanol–water partition coefficient (Wildman–Crippen LogP) is 20.6. The van der Waals surface area contributed by atoms with Crippen molar-refractivity contribution in [2.75, 3.05) is 6.61 Å². The van der Waals surface area contributed by atoms with E-state index in [9.17, 15) is 0 Å². The topological polar surface area (TPSA) is 65.5 Å². The smallest absolute Gasteiger partial charge is 0.216 e. The normalized spacial score (nSPS) is 21.0. The molecule has 10 heteroatoms. The molecule has 114 heavy (non-hydrogen) atoms. The zero-order chi connectivity index (χ0) is 83.5. The molecule has 0 radical (unpaired) electrons. The molecule has 10 aliphatic rings. The maximum Gasteiger partial charge on any atom is 0.216 e. The first-order valence-corrected chi connectivity index (χ1v) is 42.0. The average Bonchev–Trinajstić information content (AvgIpc) is 1.48. The fourth-order valence-electron chi connectivity index (χ4n) is 20.9. The summed E-state index contributed by atoms with van der Waals surface area (Å²) in [5.74, 6) is 5.06. The van der Waals surface area contributed by atoms with Crippen molar-refractivity contribution < 1.29 is 52.0 Å². The second kappa shape index (κ2) is 28.2. The van der Waals surface area contributed by atoms with Gasteiger partial charge in [-0.05, 0) is 195 Å². The molecule has 5 spiro atoms. The number of nitrogens with zero attached hydrogens (tertiary/aromatic N) is 5. The molecular formula is C104H120N5O5+5. The van der Waals surface area contributed by atoms with Crippen LogP contribution in [0.2, 0.25) is 0 Å². The number of ether oxygens (including phenoxy) is 5. The van der Waals surface area contributed by atoms with E-state index in [0.717, 1.165) is 52.0 Å². The van der Waals surface area contributed by atoms with Crippen LogP contribution in [0.25, 0.3) is 56.3 Å². The molecule has 10 nitrogen and oxygen atoms in total. The van der Waals surface area contributed by atoms with Crippen molar-refractivity contribution >= 4 is 0 Å². The van der Waals surface area contributed by atoms with Gasteiger partial charge in [-0.25, -0.2) is 22.8 Å². The third-order valence-electron chi connectivity index (χ3n) is 28.7. The van der Waals surface area contributed by atoms with Crippen LogP contribution in [0.4, 0.5) is 0 Å². The quantitative estimate of drug-likeness (QED) is 0.161. The monoisotopic (exact) mass is 1520 g/mol. The van der Waals surface area contributed by atoms with Crippen LogP contribution in [0.15, 0.2) is 207 Å². The Hall–Kier alpha value is -9.93. The van der Waals surface area contributed by atoms with Crippen LogP contribution in [0.5, 0.6) is 28.7 Å². The molecule has 4 fully saturated rings. The number of pyridine rings is 5. The molecule has 0 unspecified atom stereocenters. The molecule has 5 aromatic heterocycles. The average molecular weight is 1520 g/mol. The van der Waals surface area contributed by atoms with E-state index in [1.807, 2.05) is 68.9 Å². The molecule has 0 atom stereocenters. The largest absolute Gasteiger partial charge is 0.491 e. The van der Waals surface area contributed by atoms with Gasteiger partial charge in [-0.3, -0.25) is 0 Å². The Morgan fingerprint density at radius 3 is 0.912 bits per heavy atom. The molecule has 0 bridgehead atoms. The Morgan fingerprint density at radius 2 is 0.579 bits per heavy atom. The molecule has 11 aromatic rings. The van der Waals surface area contributed by atoms with Crippen molar-refractivity contribution in [3.05, 3.63) is 274 Å². The lowest BCUT2D eigenvalue weighted by Crippen LogP contribution is -2.49. The van der Waals surface area contributed by atoms with Gasteiger partial charge in [-0.2, -0.15) is 0 Å². The number of hydrogen-bond acceptors (Lipinski definition) is 5. The SMILES string of the molecule is Cc1ccc2c(c1-c1cccc[n+]1C)OC(C)(C)C21CC1.Cc1ccc2c(c1-c1cccc[n+]1C)OC1(CCCC1)C2(C)C.Cc1ccc2c(c1-c1cccc[n+]1C)OC1(CCCCC1)C2(C)C.Cc1ccc2c(c1-c1cccc[n+]1C)OCC21CC1.[2H]C1([2H])c2ccccc2C([2H])([2H])C12Oc1c(ccc(C)c1-c1cccc[n+]1C)C2(C)C. The lowest BCUT2D eigenvalue weighted by Gasteiger charge is -2.43. The molecule has 6 aromatic carbocycles. The summed E-state index contributed by atoms with van der Waals surface area (Å²) in [6.07, 6.45) is 22.6. The molecule has 21 rings (SSSR count). The Balaban J connectivity index is 0.000000107. The first-order chi connectivity index (χ1) is 56.1. The molecule has 10 heterocycles. The summed E-state index contributed by atoms with van der Waals surface area (Å²) in [6.45, 7) is 29.4. The molecule has 586 valence electrons. The van der Waals surface area contributed by atoms with E-state index in [4.69, 9.17) is 29.2 Å². The first kappa shape index (κ1) is 71.8. The van der Waals surface area contributed by atoms with Crippen molar-refractivity contribution in [1.82, 2.24) is 0 Å². The lowest BCUT2D eigenvalue weighted by molar-refractivity contribution is -0.660. The van der Waals surface area contributed by atoms with Gasteiger partial charge in [0.2, 0.25) is 28.5 Å². The van der Waals surface area contributed by atoms with Crippen LogP contribution in [0, 0.1) is 34.6 Å². The minimum atomic E-state index is -2.03. The highest BCUT2D eigenvalue weighted by molar-refractivity contribution is 5.79. The van der Waals surface area contributed by atoms with Crippen LogP contribution in [-0.4, -0.2) is 29.0 Å². The summed E-state index contributed by atoms with van der Waals surface area (Å²) in [7, 11) is 10.4. The van der Waals surface area contributed by atoms with Crippen LogP contribution in [-0.2, 0) is 75.1 Å². The van der Waals surface area contributed by atoms with Gasteiger partial charge in [0.1, 0.15) is 86.4 Å².